The molecule has 0 unspecified atom stereocenters. The molecule has 0 aliphatic rings. The topological polar surface area (TPSA) is 52.3 Å². The minimum atomic E-state index is -0.435. The summed E-state index contributed by atoms with van der Waals surface area (Å²) in [6.07, 6.45) is 0. The molecule has 98 valence electrons. The number of esters is 1. The van der Waals surface area contributed by atoms with Crippen LogP contribution in [0, 0.1) is 0 Å². The molecule has 3 nitrogen and oxygen atoms in total. The minimum Gasteiger partial charge on any atom is -0.465 e. The van der Waals surface area contributed by atoms with E-state index in [1.54, 1.807) is 12.1 Å². The number of nitrogens with two attached hydrogens (primary N) is 1. The van der Waals surface area contributed by atoms with E-state index >= 15 is 0 Å². The van der Waals surface area contributed by atoms with Crippen molar-refractivity contribution in [2.75, 3.05) is 7.11 Å². The van der Waals surface area contributed by atoms with Crippen LogP contribution in [0.25, 0.3) is 11.1 Å². The van der Waals surface area contributed by atoms with Crippen molar-refractivity contribution in [3.05, 3.63) is 58.6 Å². The van der Waals surface area contributed by atoms with Gasteiger partial charge in [-0.3, -0.25) is 0 Å². The van der Waals surface area contributed by atoms with E-state index in [0.717, 1.165) is 16.7 Å². The average Bonchev–Trinajstić information content (AvgIpc) is 2.46. The largest absolute Gasteiger partial charge is 0.465 e. The summed E-state index contributed by atoms with van der Waals surface area (Å²) >= 11 is 6.09. The number of rotatable bonds is 3. The molecule has 2 N–H and O–H groups in total. The van der Waals surface area contributed by atoms with Crippen LogP contribution in [0.4, 0.5) is 0 Å². The molecule has 4 heteroatoms. The van der Waals surface area contributed by atoms with Gasteiger partial charge in [-0.1, -0.05) is 41.9 Å². The maximum atomic E-state index is 11.4. The van der Waals surface area contributed by atoms with Crippen molar-refractivity contribution in [3.63, 3.8) is 0 Å². The standard InChI is InChI=1S/C15H14ClNO2/c1-19-15(18)13-7-6-12(8-14(13)16)11-4-2-10(9-17)3-5-11/h2-8H,9,17H2,1H3. The molecule has 0 saturated carbocycles. The highest BCUT2D eigenvalue weighted by atomic mass is 35.5. The molecular formula is C15H14ClNO2. The number of methoxy groups -OCH3 is 1. The van der Waals surface area contributed by atoms with Crippen molar-refractivity contribution in [1.82, 2.24) is 0 Å². The predicted octanol–water partition coefficient (Wildman–Crippen LogP) is 3.25. The second-order valence-electron chi connectivity index (χ2n) is 4.09. The molecule has 0 aliphatic heterocycles. The SMILES string of the molecule is COC(=O)c1ccc(-c2ccc(CN)cc2)cc1Cl. The summed E-state index contributed by atoms with van der Waals surface area (Å²) in [5.74, 6) is -0.435. The van der Waals surface area contributed by atoms with Gasteiger partial charge in [0, 0.05) is 6.54 Å². The molecule has 0 spiro atoms. The molecule has 0 amide bonds. The number of hydrogen-bond donors (Lipinski definition) is 1. The molecule has 0 radical (unpaired) electrons. The summed E-state index contributed by atoms with van der Waals surface area (Å²) < 4.78 is 4.66. The van der Waals surface area contributed by atoms with Gasteiger partial charge in [0.1, 0.15) is 0 Å². The van der Waals surface area contributed by atoms with Crippen LogP contribution in [0.3, 0.4) is 0 Å². The number of carbonyl (C=O) groups excluding carboxylic acids is 1. The molecular weight excluding hydrogens is 262 g/mol. The van der Waals surface area contributed by atoms with Crippen LogP contribution in [0.5, 0.6) is 0 Å². The Morgan fingerprint density at radius 3 is 2.32 bits per heavy atom. The van der Waals surface area contributed by atoms with Crippen molar-refractivity contribution in [2.24, 2.45) is 5.73 Å². The van der Waals surface area contributed by atoms with Gasteiger partial charge in [-0.2, -0.15) is 0 Å². The number of ether oxygens (including phenoxy) is 1. The third-order valence-electron chi connectivity index (χ3n) is 2.90. The van der Waals surface area contributed by atoms with Crippen molar-refractivity contribution in [2.45, 2.75) is 6.54 Å². The molecule has 0 atom stereocenters. The Kier molecular flexibility index (Phi) is 4.20. The van der Waals surface area contributed by atoms with Gasteiger partial charge in [-0.15, -0.1) is 0 Å². The first-order valence-corrected chi connectivity index (χ1v) is 6.20. The van der Waals surface area contributed by atoms with E-state index in [2.05, 4.69) is 4.74 Å². The summed E-state index contributed by atoms with van der Waals surface area (Å²) in [5, 5.41) is 0.382. The summed E-state index contributed by atoms with van der Waals surface area (Å²) in [5.41, 5.74) is 8.97. The lowest BCUT2D eigenvalue weighted by atomic mass is 10.0. The molecule has 2 aromatic carbocycles. The zero-order chi connectivity index (χ0) is 13.8. The summed E-state index contributed by atoms with van der Waals surface area (Å²) in [6, 6.07) is 13.2. The Balaban J connectivity index is 2.35. The number of halogens is 1. The highest BCUT2D eigenvalue weighted by molar-refractivity contribution is 6.33. The molecule has 0 bridgehead atoms. The molecule has 2 rings (SSSR count). The van der Waals surface area contributed by atoms with Crippen molar-refractivity contribution in [1.29, 1.82) is 0 Å². The Morgan fingerprint density at radius 1 is 1.16 bits per heavy atom. The van der Waals surface area contributed by atoms with Gasteiger partial charge in [-0.25, -0.2) is 4.79 Å². The quantitative estimate of drug-likeness (QED) is 0.875. The second-order valence-corrected chi connectivity index (χ2v) is 4.49. The first-order valence-electron chi connectivity index (χ1n) is 5.83. The van der Waals surface area contributed by atoms with Gasteiger partial charge in [0.15, 0.2) is 0 Å². The van der Waals surface area contributed by atoms with E-state index < -0.39 is 5.97 Å². The fraction of sp³-hybridized carbons (Fsp3) is 0.133. The maximum absolute atomic E-state index is 11.4. The van der Waals surface area contributed by atoms with Gasteiger partial charge >= 0.3 is 5.97 Å². The normalized spacial score (nSPS) is 10.3. The second kappa shape index (κ2) is 5.87. The molecule has 2 aromatic rings. The summed E-state index contributed by atoms with van der Waals surface area (Å²) in [4.78, 5) is 11.4. The monoisotopic (exact) mass is 275 g/mol. The van der Waals surface area contributed by atoms with Gasteiger partial charge in [0.25, 0.3) is 0 Å². The number of benzene rings is 2. The number of carbonyl (C=O) groups is 1. The van der Waals surface area contributed by atoms with Crippen LogP contribution in [0.2, 0.25) is 5.02 Å². The lowest BCUT2D eigenvalue weighted by Crippen LogP contribution is -2.01. The first kappa shape index (κ1) is 13.6. The molecule has 19 heavy (non-hydrogen) atoms. The fourth-order valence-corrected chi connectivity index (χ4v) is 2.06. The van der Waals surface area contributed by atoms with E-state index in [-0.39, 0.29) is 0 Å². The third-order valence-corrected chi connectivity index (χ3v) is 3.21. The number of hydrogen-bond acceptors (Lipinski definition) is 3. The van der Waals surface area contributed by atoms with E-state index in [9.17, 15) is 4.79 Å². The maximum Gasteiger partial charge on any atom is 0.339 e. The van der Waals surface area contributed by atoms with E-state index in [0.29, 0.717) is 17.1 Å². The van der Waals surface area contributed by atoms with Crippen LogP contribution in [0.1, 0.15) is 15.9 Å². The summed E-state index contributed by atoms with van der Waals surface area (Å²) in [6.45, 7) is 0.516. The first-order chi connectivity index (χ1) is 9.15. The van der Waals surface area contributed by atoms with Gasteiger partial charge in [-0.05, 0) is 28.8 Å². The smallest absolute Gasteiger partial charge is 0.339 e. The third kappa shape index (κ3) is 2.95. The van der Waals surface area contributed by atoms with Crippen LogP contribution < -0.4 is 5.73 Å². The van der Waals surface area contributed by atoms with Crippen LogP contribution in [-0.4, -0.2) is 13.1 Å². The zero-order valence-electron chi connectivity index (χ0n) is 10.5. The Hall–Kier alpha value is -1.84. The van der Waals surface area contributed by atoms with E-state index in [1.165, 1.54) is 7.11 Å². The average molecular weight is 276 g/mol. The fourth-order valence-electron chi connectivity index (χ4n) is 1.80. The summed E-state index contributed by atoms with van der Waals surface area (Å²) in [7, 11) is 1.33. The van der Waals surface area contributed by atoms with Gasteiger partial charge < -0.3 is 10.5 Å². The van der Waals surface area contributed by atoms with Gasteiger partial charge in [0.05, 0.1) is 17.7 Å². The minimum absolute atomic E-state index is 0.367. The van der Waals surface area contributed by atoms with Crippen molar-refractivity contribution >= 4 is 17.6 Å². The highest BCUT2D eigenvalue weighted by Crippen LogP contribution is 2.26. The van der Waals surface area contributed by atoms with Crippen LogP contribution >= 0.6 is 11.6 Å². The molecule has 0 aliphatic carbocycles. The lowest BCUT2D eigenvalue weighted by Gasteiger charge is -2.07. The van der Waals surface area contributed by atoms with E-state index in [1.807, 2.05) is 30.3 Å². The van der Waals surface area contributed by atoms with E-state index in [4.69, 9.17) is 17.3 Å². The Labute approximate surface area is 117 Å². The molecule has 0 fully saturated rings. The Morgan fingerprint density at radius 2 is 1.79 bits per heavy atom. The van der Waals surface area contributed by atoms with Crippen molar-refractivity contribution < 1.29 is 9.53 Å². The zero-order valence-corrected chi connectivity index (χ0v) is 11.3. The Bertz CT molecular complexity index is 594. The van der Waals surface area contributed by atoms with Crippen molar-refractivity contribution in [3.8, 4) is 11.1 Å². The molecule has 0 aromatic heterocycles. The van der Waals surface area contributed by atoms with Gasteiger partial charge in [0.2, 0.25) is 0 Å². The van der Waals surface area contributed by atoms with Crippen LogP contribution in [-0.2, 0) is 11.3 Å². The predicted molar refractivity (Wildman–Crippen MR) is 76.1 cm³/mol. The molecule has 0 heterocycles. The molecule has 0 saturated heterocycles. The van der Waals surface area contributed by atoms with Crippen LogP contribution in [0.15, 0.2) is 42.5 Å². The lowest BCUT2D eigenvalue weighted by molar-refractivity contribution is 0.0601. The highest BCUT2D eigenvalue weighted by Gasteiger charge is 2.11.